The fourth-order valence-corrected chi connectivity index (χ4v) is 1.22. The maximum atomic E-state index is 10.0. The van der Waals surface area contributed by atoms with Gasteiger partial charge in [-0.05, 0) is 28.1 Å². The van der Waals surface area contributed by atoms with Crippen LogP contribution in [0.1, 0.15) is 5.56 Å². The zero-order valence-corrected chi connectivity index (χ0v) is 7.54. The van der Waals surface area contributed by atoms with E-state index in [-0.39, 0.29) is 5.75 Å². The first-order chi connectivity index (χ1) is 5.79. The van der Waals surface area contributed by atoms with Gasteiger partial charge in [0.05, 0.1) is 10.0 Å². The Hall–Kier alpha value is -1.34. The summed E-state index contributed by atoms with van der Waals surface area (Å²) in [7, 11) is 0. The van der Waals surface area contributed by atoms with Gasteiger partial charge in [-0.1, -0.05) is 6.07 Å². The minimum absolute atomic E-state index is 0.259. The summed E-state index contributed by atoms with van der Waals surface area (Å²) in [5.41, 5.74) is 0.330. The van der Waals surface area contributed by atoms with Crippen LogP contribution in [0.25, 0.3) is 0 Å². The molecule has 1 rings (SSSR count). The molecular formula is C8H4BrNO2. The van der Waals surface area contributed by atoms with Gasteiger partial charge in [0.15, 0.2) is 5.75 Å². The van der Waals surface area contributed by atoms with Crippen molar-refractivity contribution in [2.45, 2.75) is 0 Å². The number of carbonyl (C=O) groups excluding carboxylic acids is 1. The molecule has 12 heavy (non-hydrogen) atoms. The Morgan fingerprint density at radius 2 is 2.33 bits per heavy atom. The third-order valence-electron chi connectivity index (χ3n) is 1.25. The van der Waals surface area contributed by atoms with E-state index in [1.54, 1.807) is 18.2 Å². The van der Waals surface area contributed by atoms with Crippen LogP contribution < -0.4 is 4.74 Å². The van der Waals surface area contributed by atoms with Crippen LogP contribution in [0.5, 0.6) is 5.75 Å². The molecule has 0 radical (unpaired) electrons. The predicted molar refractivity (Wildman–Crippen MR) is 45.5 cm³/mol. The van der Waals surface area contributed by atoms with Crippen LogP contribution in [0.3, 0.4) is 0 Å². The lowest BCUT2D eigenvalue weighted by atomic mass is 10.2. The highest BCUT2D eigenvalue weighted by molar-refractivity contribution is 9.10. The van der Waals surface area contributed by atoms with E-state index in [1.165, 1.54) is 0 Å². The molecule has 60 valence electrons. The van der Waals surface area contributed by atoms with Crippen LogP contribution in [-0.2, 0) is 4.79 Å². The van der Waals surface area contributed by atoms with Crippen LogP contribution in [0.4, 0.5) is 0 Å². The van der Waals surface area contributed by atoms with E-state index in [2.05, 4.69) is 20.7 Å². The number of nitriles is 1. The summed E-state index contributed by atoms with van der Waals surface area (Å²) in [5.74, 6) is 0.259. The van der Waals surface area contributed by atoms with Crippen molar-refractivity contribution in [2.75, 3.05) is 0 Å². The van der Waals surface area contributed by atoms with Crippen molar-refractivity contribution in [2.24, 2.45) is 0 Å². The first-order valence-corrected chi connectivity index (χ1v) is 3.88. The summed E-state index contributed by atoms with van der Waals surface area (Å²) in [6, 6.07) is 6.87. The molecule has 0 unspecified atom stereocenters. The molecule has 0 N–H and O–H groups in total. The molecule has 0 atom stereocenters. The van der Waals surface area contributed by atoms with Crippen molar-refractivity contribution in [1.82, 2.24) is 0 Å². The largest absolute Gasteiger partial charge is 0.426 e. The Morgan fingerprint density at radius 1 is 1.58 bits per heavy atom. The second kappa shape index (κ2) is 3.88. The van der Waals surface area contributed by atoms with E-state index in [1.807, 2.05) is 6.07 Å². The van der Waals surface area contributed by atoms with Crippen molar-refractivity contribution in [3.8, 4) is 11.8 Å². The molecule has 0 saturated heterocycles. The van der Waals surface area contributed by atoms with Crippen LogP contribution in [0, 0.1) is 11.3 Å². The molecule has 0 aromatic heterocycles. The van der Waals surface area contributed by atoms with Crippen LogP contribution in [0.2, 0.25) is 0 Å². The van der Waals surface area contributed by atoms with Gasteiger partial charge in [0.25, 0.3) is 6.47 Å². The maximum Gasteiger partial charge on any atom is 0.298 e. The molecule has 3 nitrogen and oxygen atoms in total. The molecule has 0 bridgehead atoms. The smallest absolute Gasteiger partial charge is 0.298 e. The van der Waals surface area contributed by atoms with E-state index >= 15 is 0 Å². The summed E-state index contributed by atoms with van der Waals surface area (Å²) >= 11 is 3.15. The average Bonchev–Trinajstić information content (AvgIpc) is 2.09. The number of ether oxygens (including phenoxy) is 1. The monoisotopic (exact) mass is 225 g/mol. The number of hydrogen-bond acceptors (Lipinski definition) is 3. The number of halogens is 1. The number of carbonyl (C=O) groups is 1. The lowest BCUT2D eigenvalue weighted by Gasteiger charge is -2.01. The van der Waals surface area contributed by atoms with Crippen LogP contribution in [0.15, 0.2) is 22.7 Å². The summed E-state index contributed by atoms with van der Waals surface area (Å²) in [6.45, 7) is 0.293. The van der Waals surface area contributed by atoms with E-state index in [0.29, 0.717) is 16.5 Å². The van der Waals surface area contributed by atoms with E-state index < -0.39 is 0 Å². The fourth-order valence-electron chi connectivity index (χ4n) is 0.765. The van der Waals surface area contributed by atoms with Crippen LogP contribution >= 0.6 is 15.9 Å². The quantitative estimate of drug-likeness (QED) is 0.723. The molecule has 1 aromatic rings. The number of nitrogens with zero attached hydrogens (tertiary/aromatic N) is 1. The standard InChI is InChI=1S/C8H4BrNO2/c9-7-3-1-2-6(4-10)8(7)12-5-11/h1-3,5H. The van der Waals surface area contributed by atoms with Gasteiger partial charge in [0.1, 0.15) is 6.07 Å². The van der Waals surface area contributed by atoms with E-state index in [0.717, 1.165) is 0 Å². The first-order valence-electron chi connectivity index (χ1n) is 3.08. The zero-order chi connectivity index (χ0) is 8.97. The molecule has 0 aliphatic carbocycles. The highest BCUT2D eigenvalue weighted by Crippen LogP contribution is 2.27. The van der Waals surface area contributed by atoms with Crippen molar-refractivity contribution < 1.29 is 9.53 Å². The SMILES string of the molecule is N#Cc1cccc(Br)c1OC=O. The highest BCUT2D eigenvalue weighted by Gasteiger charge is 2.06. The summed E-state index contributed by atoms with van der Waals surface area (Å²) in [4.78, 5) is 10.0. The van der Waals surface area contributed by atoms with Crippen molar-refractivity contribution in [3.63, 3.8) is 0 Å². The van der Waals surface area contributed by atoms with Gasteiger partial charge in [-0.25, -0.2) is 0 Å². The molecule has 0 heterocycles. The Morgan fingerprint density at radius 3 is 2.92 bits per heavy atom. The zero-order valence-electron chi connectivity index (χ0n) is 5.95. The molecule has 0 aliphatic rings. The highest BCUT2D eigenvalue weighted by atomic mass is 79.9. The van der Waals surface area contributed by atoms with Crippen molar-refractivity contribution in [1.29, 1.82) is 5.26 Å². The molecule has 0 saturated carbocycles. The summed E-state index contributed by atoms with van der Waals surface area (Å²) in [5, 5.41) is 8.60. The van der Waals surface area contributed by atoms with Crippen molar-refractivity contribution >= 4 is 22.4 Å². The topological polar surface area (TPSA) is 50.1 Å². The van der Waals surface area contributed by atoms with Gasteiger partial charge in [-0.3, -0.25) is 4.79 Å². The molecule has 0 amide bonds. The fraction of sp³-hybridized carbons (Fsp3) is 0. The van der Waals surface area contributed by atoms with Gasteiger partial charge in [0, 0.05) is 0 Å². The Bertz CT molecular complexity index is 343. The minimum atomic E-state index is 0.259. The minimum Gasteiger partial charge on any atom is -0.426 e. The second-order valence-electron chi connectivity index (χ2n) is 1.94. The van der Waals surface area contributed by atoms with Crippen molar-refractivity contribution in [3.05, 3.63) is 28.2 Å². The summed E-state index contributed by atoms with van der Waals surface area (Å²) in [6.07, 6.45) is 0. The van der Waals surface area contributed by atoms with Gasteiger partial charge in [-0.15, -0.1) is 0 Å². The normalized spacial score (nSPS) is 8.67. The second-order valence-corrected chi connectivity index (χ2v) is 2.80. The average molecular weight is 226 g/mol. The lowest BCUT2D eigenvalue weighted by Crippen LogP contribution is -1.92. The van der Waals surface area contributed by atoms with Gasteiger partial charge in [0.2, 0.25) is 0 Å². The molecule has 1 aromatic carbocycles. The molecule has 0 aliphatic heterocycles. The third-order valence-corrected chi connectivity index (χ3v) is 1.88. The Balaban J connectivity index is 3.21. The van der Waals surface area contributed by atoms with E-state index in [9.17, 15) is 4.79 Å². The Labute approximate surface area is 77.7 Å². The lowest BCUT2D eigenvalue weighted by molar-refractivity contribution is -0.120. The maximum absolute atomic E-state index is 10.0. The number of benzene rings is 1. The van der Waals surface area contributed by atoms with Gasteiger partial charge in [-0.2, -0.15) is 5.26 Å². The van der Waals surface area contributed by atoms with Gasteiger partial charge < -0.3 is 4.74 Å². The summed E-state index contributed by atoms with van der Waals surface area (Å²) < 4.78 is 5.20. The molecule has 0 spiro atoms. The van der Waals surface area contributed by atoms with E-state index in [4.69, 9.17) is 5.26 Å². The van der Waals surface area contributed by atoms with Crippen LogP contribution in [-0.4, -0.2) is 6.47 Å². The number of para-hydroxylation sites is 1. The number of rotatable bonds is 2. The third kappa shape index (κ3) is 1.63. The molecule has 4 heteroatoms. The molecule has 0 fully saturated rings. The predicted octanol–water partition coefficient (Wildman–Crippen LogP) is 1.86. The number of hydrogen-bond donors (Lipinski definition) is 0. The molecular weight excluding hydrogens is 222 g/mol. The first kappa shape index (κ1) is 8.75. The van der Waals surface area contributed by atoms with Gasteiger partial charge >= 0.3 is 0 Å². The Kier molecular flexibility index (Phi) is 2.83.